The first-order valence-corrected chi connectivity index (χ1v) is 10.6. The lowest BCUT2D eigenvalue weighted by molar-refractivity contribution is -0.152. The lowest BCUT2D eigenvalue weighted by Gasteiger charge is -2.15. The van der Waals surface area contributed by atoms with Crippen LogP contribution < -0.4 is 10.2 Å². The van der Waals surface area contributed by atoms with E-state index in [9.17, 15) is 22.8 Å². The van der Waals surface area contributed by atoms with Crippen LogP contribution in [0.4, 0.5) is 13.2 Å². The molecule has 170 valence electrons. The van der Waals surface area contributed by atoms with Gasteiger partial charge < -0.3 is 9.15 Å². The number of carbonyl (C=O) groups is 1. The van der Waals surface area contributed by atoms with Crippen LogP contribution in [-0.4, -0.2) is 5.97 Å². The van der Waals surface area contributed by atoms with E-state index in [0.29, 0.717) is 23.6 Å². The molecule has 1 heterocycles. The Kier molecular flexibility index (Phi) is 5.97. The molecule has 0 radical (unpaired) electrons. The Morgan fingerprint density at radius 1 is 0.970 bits per heavy atom. The molecule has 0 saturated carbocycles. The van der Waals surface area contributed by atoms with E-state index < -0.39 is 28.9 Å². The highest BCUT2D eigenvalue weighted by molar-refractivity contribution is 5.98. The number of rotatable bonds is 5. The van der Waals surface area contributed by atoms with E-state index in [1.54, 1.807) is 36.4 Å². The van der Waals surface area contributed by atoms with Gasteiger partial charge in [-0.05, 0) is 41.3 Å². The summed E-state index contributed by atoms with van der Waals surface area (Å²) in [7, 11) is 0. The van der Waals surface area contributed by atoms with Gasteiger partial charge in [0.1, 0.15) is 11.3 Å². The van der Waals surface area contributed by atoms with Crippen LogP contribution in [0.25, 0.3) is 32.9 Å². The topological polar surface area (TPSA) is 56.5 Å². The third kappa shape index (κ3) is 4.23. The first kappa shape index (κ1) is 22.6. The molecule has 0 atom stereocenters. The van der Waals surface area contributed by atoms with E-state index in [2.05, 4.69) is 0 Å². The predicted molar refractivity (Wildman–Crippen MR) is 120 cm³/mol. The molecule has 0 fully saturated rings. The largest absolute Gasteiger partial charge is 0.450 e. The minimum atomic E-state index is -4.91. The molecule has 0 aliphatic carbocycles. The lowest BCUT2D eigenvalue weighted by Crippen LogP contribution is -2.19. The van der Waals surface area contributed by atoms with Gasteiger partial charge in [-0.2, -0.15) is 13.2 Å². The minimum Gasteiger partial charge on any atom is -0.450 e. The number of fused-ring (bicyclic) bond motifs is 2. The second-order valence-corrected chi connectivity index (χ2v) is 7.75. The summed E-state index contributed by atoms with van der Waals surface area (Å²) in [5.41, 5.74) is -1.52. The summed E-state index contributed by atoms with van der Waals surface area (Å²) in [4.78, 5) is 25.6. The molecule has 0 N–H and O–H groups in total. The number of hydrogen-bond acceptors (Lipinski definition) is 4. The number of benzene rings is 3. The van der Waals surface area contributed by atoms with Crippen molar-refractivity contribution in [1.82, 2.24) is 0 Å². The summed E-state index contributed by atoms with van der Waals surface area (Å²) < 4.78 is 52.7. The van der Waals surface area contributed by atoms with Crippen molar-refractivity contribution < 1.29 is 27.1 Å². The molecule has 3 aromatic carbocycles. The number of alkyl halides is 3. The van der Waals surface area contributed by atoms with Crippen LogP contribution in [0, 0.1) is 5.92 Å². The van der Waals surface area contributed by atoms with Crippen LogP contribution in [0.15, 0.2) is 69.9 Å². The van der Waals surface area contributed by atoms with Crippen LogP contribution in [0.2, 0.25) is 0 Å². The Balaban J connectivity index is 1.93. The number of carbonyl (C=O) groups excluding carboxylic acids is 1. The van der Waals surface area contributed by atoms with Crippen LogP contribution in [0.3, 0.4) is 0 Å². The molecule has 33 heavy (non-hydrogen) atoms. The molecule has 0 bridgehead atoms. The summed E-state index contributed by atoms with van der Waals surface area (Å²) in [6.07, 6.45) is -3.77. The first-order chi connectivity index (χ1) is 15.7. The van der Waals surface area contributed by atoms with E-state index in [1.165, 1.54) is 18.2 Å². The van der Waals surface area contributed by atoms with Gasteiger partial charge in [-0.3, -0.25) is 9.59 Å². The summed E-state index contributed by atoms with van der Waals surface area (Å²) in [5.74, 6) is -2.18. The van der Waals surface area contributed by atoms with Crippen molar-refractivity contribution in [2.75, 3.05) is 0 Å². The van der Waals surface area contributed by atoms with Crippen molar-refractivity contribution >= 4 is 27.7 Å². The van der Waals surface area contributed by atoms with E-state index >= 15 is 0 Å². The SMILES string of the molecule is CCC(CC)C(=O)Oc1ccc2c(=O)c(-c3cccc4ccccc34)c(C(F)(F)F)oc2c1. The molecule has 0 amide bonds. The number of halogens is 3. The normalized spacial score (nSPS) is 11.9. The third-order valence-corrected chi connectivity index (χ3v) is 5.72. The molecular formula is C26H21F3O4. The Bertz CT molecular complexity index is 1390. The molecule has 0 aliphatic rings. The van der Waals surface area contributed by atoms with E-state index in [1.807, 2.05) is 13.8 Å². The smallest absolute Gasteiger partial charge is 0.450 e. The average Bonchev–Trinajstić information content (AvgIpc) is 2.79. The predicted octanol–water partition coefficient (Wildman–Crippen LogP) is 6.97. The average molecular weight is 454 g/mol. The second kappa shape index (κ2) is 8.73. The monoisotopic (exact) mass is 454 g/mol. The van der Waals surface area contributed by atoms with Gasteiger partial charge in [-0.15, -0.1) is 0 Å². The summed E-state index contributed by atoms with van der Waals surface area (Å²) in [5, 5.41) is 1.17. The molecule has 4 aromatic rings. The van der Waals surface area contributed by atoms with Crippen molar-refractivity contribution in [3.8, 4) is 16.9 Å². The molecule has 4 rings (SSSR count). The van der Waals surface area contributed by atoms with E-state index in [4.69, 9.17) is 9.15 Å². The molecule has 7 heteroatoms. The van der Waals surface area contributed by atoms with Crippen molar-refractivity contribution in [1.29, 1.82) is 0 Å². The van der Waals surface area contributed by atoms with Gasteiger partial charge in [0.25, 0.3) is 0 Å². The fourth-order valence-corrected chi connectivity index (χ4v) is 3.95. The molecule has 0 unspecified atom stereocenters. The number of hydrogen-bond donors (Lipinski definition) is 0. The number of ether oxygens (including phenoxy) is 1. The molecule has 0 saturated heterocycles. The number of esters is 1. The Morgan fingerprint density at radius 3 is 2.36 bits per heavy atom. The maximum atomic E-state index is 14.0. The molecule has 0 aliphatic heterocycles. The maximum absolute atomic E-state index is 14.0. The Labute approximate surface area is 187 Å². The fourth-order valence-electron chi connectivity index (χ4n) is 3.95. The zero-order valence-electron chi connectivity index (χ0n) is 18.0. The molecular weight excluding hydrogens is 433 g/mol. The summed E-state index contributed by atoms with van der Waals surface area (Å²) in [6.45, 7) is 3.69. The van der Waals surface area contributed by atoms with Crippen LogP contribution in [0.5, 0.6) is 5.75 Å². The molecule has 0 spiro atoms. The van der Waals surface area contributed by atoms with Gasteiger partial charge in [0.05, 0.1) is 16.9 Å². The molecule has 4 nitrogen and oxygen atoms in total. The first-order valence-electron chi connectivity index (χ1n) is 10.6. The third-order valence-electron chi connectivity index (χ3n) is 5.72. The van der Waals surface area contributed by atoms with Crippen LogP contribution >= 0.6 is 0 Å². The lowest BCUT2D eigenvalue weighted by atomic mass is 9.96. The van der Waals surface area contributed by atoms with Crippen molar-refractivity contribution in [2.24, 2.45) is 5.92 Å². The quantitative estimate of drug-likeness (QED) is 0.241. The van der Waals surface area contributed by atoms with Crippen molar-refractivity contribution in [3.63, 3.8) is 0 Å². The van der Waals surface area contributed by atoms with Crippen LogP contribution in [-0.2, 0) is 11.0 Å². The van der Waals surface area contributed by atoms with Gasteiger partial charge in [-0.1, -0.05) is 56.3 Å². The fraction of sp³-hybridized carbons (Fsp3) is 0.231. The highest BCUT2D eigenvalue weighted by Crippen LogP contribution is 2.39. The standard InChI is InChI=1S/C26H21F3O4/c1-3-15(4-2)25(31)32-17-12-13-20-21(14-17)33-24(26(27,28)29)22(23(20)30)19-11-7-9-16-8-5-6-10-18(16)19/h5-15H,3-4H2,1-2H3. The maximum Gasteiger partial charge on any atom is 0.450 e. The van der Waals surface area contributed by atoms with E-state index in [-0.39, 0.29) is 28.2 Å². The zero-order valence-corrected chi connectivity index (χ0v) is 18.0. The Morgan fingerprint density at radius 2 is 1.67 bits per heavy atom. The summed E-state index contributed by atoms with van der Waals surface area (Å²) >= 11 is 0. The zero-order chi connectivity index (χ0) is 23.8. The van der Waals surface area contributed by atoms with Crippen molar-refractivity contribution in [3.05, 3.63) is 76.6 Å². The minimum absolute atomic E-state index is 0.0218. The van der Waals surface area contributed by atoms with Gasteiger partial charge in [-0.25, -0.2) is 0 Å². The van der Waals surface area contributed by atoms with E-state index in [0.717, 1.165) is 6.07 Å². The van der Waals surface area contributed by atoms with Crippen molar-refractivity contribution in [2.45, 2.75) is 32.9 Å². The highest BCUT2D eigenvalue weighted by atomic mass is 19.4. The van der Waals surface area contributed by atoms with Gasteiger partial charge in [0, 0.05) is 6.07 Å². The Hall–Kier alpha value is -3.61. The highest BCUT2D eigenvalue weighted by Gasteiger charge is 2.39. The van der Waals surface area contributed by atoms with Gasteiger partial charge in [0.15, 0.2) is 0 Å². The summed E-state index contributed by atoms with van der Waals surface area (Å²) in [6, 6.07) is 15.6. The van der Waals surface area contributed by atoms with Gasteiger partial charge in [0.2, 0.25) is 11.2 Å². The second-order valence-electron chi connectivity index (χ2n) is 7.75. The van der Waals surface area contributed by atoms with Gasteiger partial charge >= 0.3 is 12.1 Å². The van der Waals surface area contributed by atoms with Crippen LogP contribution in [0.1, 0.15) is 32.4 Å². The molecule has 1 aromatic heterocycles.